The third-order valence-electron chi connectivity index (χ3n) is 7.45. The Morgan fingerprint density at radius 2 is 1.71 bits per heavy atom. The first-order chi connectivity index (χ1) is 11.1. The number of rotatable bonds is 0. The highest BCUT2D eigenvalue weighted by molar-refractivity contribution is 6.13. The lowest BCUT2D eigenvalue weighted by Gasteiger charge is -2.16. The maximum atomic E-state index is 13.1. The zero-order chi connectivity index (χ0) is 17.6. The van der Waals surface area contributed by atoms with E-state index in [-0.39, 0.29) is 34.6 Å². The number of aliphatic hydroxyl groups is 1. The Hall–Kier alpha value is -1.00. The molecule has 24 heavy (non-hydrogen) atoms. The highest BCUT2D eigenvalue weighted by atomic mass is 16.6. The van der Waals surface area contributed by atoms with Crippen LogP contribution in [-0.4, -0.2) is 34.5 Å². The molecule has 132 valence electrons. The Morgan fingerprint density at radius 1 is 1.04 bits per heavy atom. The van der Waals surface area contributed by atoms with Crippen LogP contribution in [0.1, 0.15) is 53.9 Å². The molecule has 3 aliphatic carbocycles. The van der Waals surface area contributed by atoms with E-state index in [9.17, 15) is 14.7 Å². The Balaban J connectivity index is 1.75. The minimum Gasteiger partial charge on any atom is -0.388 e. The summed E-state index contributed by atoms with van der Waals surface area (Å²) in [7, 11) is 0. The van der Waals surface area contributed by atoms with E-state index in [1.807, 2.05) is 13.8 Å². The predicted octanol–water partition coefficient (Wildman–Crippen LogP) is 2.68. The van der Waals surface area contributed by atoms with Crippen molar-refractivity contribution in [3.05, 3.63) is 11.1 Å². The summed E-state index contributed by atoms with van der Waals surface area (Å²) in [5, 5.41) is 10.5. The molecular weight excluding hydrogens is 304 g/mol. The summed E-state index contributed by atoms with van der Waals surface area (Å²) < 4.78 is 5.93. The first-order valence-electron chi connectivity index (χ1n) is 9.28. The SMILES string of the molecule is CC1CC2C(CCC3(C)OC3C3=C(C1=O)C(O)C(C)C3=O)C2(C)C. The summed E-state index contributed by atoms with van der Waals surface area (Å²) in [6.07, 6.45) is 1.57. The largest absolute Gasteiger partial charge is 0.388 e. The molecule has 1 N–H and O–H groups in total. The van der Waals surface area contributed by atoms with Crippen molar-refractivity contribution in [2.75, 3.05) is 0 Å². The van der Waals surface area contributed by atoms with Gasteiger partial charge in [-0.25, -0.2) is 0 Å². The maximum Gasteiger partial charge on any atom is 0.167 e. The van der Waals surface area contributed by atoms with Gasteiger partial charge in [-0.05, 0) is 43.4 Å². The number of Topliss-reactive ketones (excluding diaryl/α,β-unsaturated/α-hetero) is 2. The number of carbonyl (C=O) groups is 2. The van der Waals surface area contributed by atoms with Gasteiger partial charge in [-0.3, -0.25) is 9.59 Å². The molecule has 4 rings (SSSR count). The highest BCUT2D eigenvalue weighted by Crippen LogP contribution is 2.64. The van der Waals surface area contributed by atoms with E-state index >= 15 is 0 Å². The van der Waals surface area contributed by atoms with E-state index in [2.05, 4.69) is 13.8 Å². The summed E-state index contributed by atoms with van der Waals surface area (Å²) in [5.41, 5.74) is 0.759. The predicted molar refractivity (Wildman–Crippen MR) is 89.3 cm³/mol. The molecule has 0 bridgehead atoms. The second-order valence-electron chi connectivity index (χ2n) is 9.31. The molecule has 0 amide bonds. The molecule has 0 spiro atoms. The van der Waals surface area contributed by atoms with E-state index < -0.39 is 12.0 Å². The Kier molecular flexibility index (Phi) is 3.29. The van der Waals surface area contributed by atoms with E-state index in [4.69, 9.17) is 4.74 Å². The Morgan fingerprint density at radius 3 is 2.38 bits per heavy atom. The van der Waals surface area contributed by atoms with Gasteiger partial charge in [-0.2, -0.15) is 0 Å². The third kappa shape index (κ3) is 2.05. The van der Waals surface area contributed by atoms with Crippen LogP contribution in [0.15, 0.2) is 11.1 Å². The van der Waals surface area contributed by atoms with Crippen molar-refractivity contribution in [3.63, 3.8) is 0 Å². The van der Waals surface area contributed by atoms with Crippen LogP contribution in [-0.2, 0) is 14.3 Å². The van der Waals surface area contributed by atoms with Crippen LogP contribution in [0.3, 0.4) is 0 Å². The van der Waals surface area contributed by atoms with Gasteiger partial charge < -0.3 is 9.84 Å². The summed E-state index contributed by atoms with van der Waals surface area (Å²) in [6, 6.07) is 0. The average Bonchev–Trinajstić information content (AvgIpc) is 3.29. The highest BCUT2D eigenvalue weighted by Gasteiger charge is 2.63. The van der Waals surface area contributed by atoms with Crippen LogP contribution in [0.25, 0.3) is 0 Å². The van der Waals surface area contributed by atoms with Gasteiger partial charge in [0, 0.05) is 23.0 Å². The van der Waals surface area contributed by atoms with Crippen molar-refractivity contribution in [1.82, 2.24) is 0 Å². The summed E-state index contributed by atoms with van der Waals surface area (Å²) in [4.78, 5) is 25.7. The second kappa shape index (κ2) is 4.79. The van der Waals surface area contributed by atoms with Gasteiger partial charge in [0.1, 0.15) is 6.10 Å². The normalized spacial score (nSPS) is 49.9. The molecule has 1 saturated heterocycles. The van der Waals surface area contributed by atoms with Crippen LogP contribution in [0.2, 0.25) is 0 Å². The van der Waals surface area contributed by atoms with Crippen molar-refractivity contribution < 1.29 is 19.4 Å². The zero-order valence-electron chi connectivity index (χ0n) is 15.3. The van der Waals surface area contributed by atoms with Crippen molar-refractivity contribution in [2.24, 2.45) is 29.1 Å². The fourth-order valence-electron chi connectivity index (χ4n) is 5.36. The van der Waals surface area contributed by atoms with Gasteiger partial charge in [0.2, 0.25) is 0 Å². The van der Waals surface area contributed by atoms with Gasteiger partial charge in [0.05, 0.1) is 11.7 Å². The summed E-state index contributed by atoms with van der Waals surface area (Å²) >= 11 is 0. The maximum absolute atomic E-state index is 13.1. The molecule has 0 aromatic heterocycles. The minimum atomic E-state index is -0.973. The molecule has 0 radical (unpaired) electrons. The molecule has 0 aromatic carbocycles. The number of aliphatic hydroxyl groups excluding tert-OH is 1. The van der Waals surface area contributed by atoms with Crippen molar-refractivity contribution in [3.8, 4) is 0 Å². The molecule has 4 aliphatic rings. The second-order valence-corrected chi connectivity index (χ2v) is 9.31. The van der Waals surface area contributed by atoms with E-state index in [0.717, 1.165) is 19.3 Å². The molecule has 7 unspecified atom stereocenters. The Bertz CT molecular complexity index is 661. The zero-order valence-corrected chi connectivity index (χ0v) is 15.3. The van der Waals surface area contributed by atoms with E-state index in [1.54, 1.807) is 6.92 Å². The molecule has 1 heterocycles. The topological polar surface area (TPSA) is 66.9 Å². The van der Waals surface area contributed by atoms with Gasteiger partial charge in [-0.15, -0.1) is 0 Å². The van der Waals surface area contributed by atoms with Crippen LogP contribution in [0.4, 0.5) is 0 Å². The number of ketones is 2. The fraction of sp³-hybridized carbons (Fsp3) is 0.800. The molecule has 4 nitrogen and oxygen atoms in total. The molecule has 0 aromatic rings. The lowest BCUT2D eigenvalue weighted by Crippen LogP contribution is -2.25. The number of fused-ring (bicyclic) bond motifs is 3. The molecule has 4 heteroatoms. The number of ether oxygens (including phenoxy) is 1. The van der Waals surface area contributed by atoms with E-state index in [1.165, 1.54) is 0 Å². The van der Waals surface area contributed by atoms with E-state index in [0.29, 0.717) is 23.0 Å². The molecule has 1 saturated carbocycles. The molecular formula is C20H28O4. The smallest absolute Gasteiger partial charge is 0.167 e. The van der Waals surface area contributed by atoms with Gasteiger partial charge in [-0.1, -0.05) is 27.7 Å². The first-order valence-corrected chi connectivity index (χ1v) is 9.28. The van der Waals surface area contributed by atoms with Crippen LogP contribution in [0, 0.1) is 29.1 Å². The third-order valence-corrected chi connectivity index (χ3v) is 7.45. The van der Waals surface area contributed by atoms with Gasteiger partial charge >= 0.3 is 0 Å². The van der Waals surface area contributed by atoms with Crippen molar-refractivity contribution in [1.29, 1.82) is 0 Å². The molecule has 7 atom stereocenters. The van der Waals surface area contributed by atoms with Crippen molar-refractivity contribution >= 4 is 11.6 Å². The lowest BCUT2D eigenvalue weighted by atomic mass is 9.87. The standard InChI is InChI=1S/C20H28O4/c1-9-8-12-11(19(12,3)4)6-7-20(5)18(24-20)14-13(15(9)21)16(22)10(2)17(14)23/h9-12,16,18,22H,6-8H2,1-5H3. The number of hydrogen-bond donors (Lipinski definition) is 1. The van der Waals surface area contributed by atoms with Gasteiger partial charge in [0.25, 0.3) is 0 Å². The summed E-state index contributed by atoms with van der Waals surface area (Å²) in [6.45, 7) is 10.3. The number of epoxide rings is 1. The average molecular weight is 332 g/mol. The summed E-state index contributed by atoms with van der Waals surface area (Å²) in [5.74, 6) is 0.341. The van der Waals surface area contributed by atoms with Crippen LogP contribution >= 0.6 is 0 Å². The lowest BCUT2D eigenvalue weighted by molar-refractivity contribution is -0.120. The number of carbonyl (C=O) groups excluding carboxylic acids is 2. The van der Waals surface area contributed by atoms with Crippen LogP contribution in [0.5, 0.6) is 0 Å². The molecule has 1 aliphatic heterocycles. The monoisotopic (exact) mass is 332 g/mol. The first kappa shape index (κ1) is 16.5. The molecule has 2 fully saturated rings. The number of hydrogen-bond acceptors (Lipinski definition) is 4. The van der Waals surface area contributed by atoms with Crippen LogP contribution < -0.4 is 0 Å². The quantitative estimate of drug-likeness (QED) is 0.693. The van der Waals surface area contributed by atoms with Crippen molar-refractivity contribution in [2.45, 2.75) is 71.7 Å². The van der Waals surface area contributed by atoms with Gasteiger partial charge in [0.15, 0.2) is 11.6 Å². The fourth-order valence-corrected chi connectivity index (χ4v) is 5.36. The Labute approximate surface area is 143 Å². The minimum absolute atomic E-state index is 0.0450.